The first kappa shape index (κ1) is 7.89. The van der Waals surface area contributed by atoms with Crippen molar-refractivity contribution >= 4 is 0 Å². The molecular formula is C6H14FN. The Morgan fingerprint density at radius 1 is 1.62 bits per heavy atom. The predicted octanol–water partition coefficient (Wildman–Crippen LogP) is 1.33. The molecule has 1 unspecified atom stereocenters. The minimum Gasteiger partial charge on any atom is -0.328 e. The number of nitrogens with two attached hydrogens (primary N) is 1. The third-order valence-electron chi connectivity index (χ3n) is 1.60. The monoisotopic (exact) mass is 119 g/mol. The maximum Gasteiger partial charge on any atom is 0.122 e. The second-order valence-electron chi connectivity index (χ2n) is 2.64. The molecule has 0 aromatic carbocycles. The van der Waals surface area contributed by atoms with E-state index in [-0.39, 0.29) is 12.5 Å². The third kappa shape index (κ3) is 1.78. The van der Waals surface area contributed by atoms with Crippen LogP contribution < -0.4 is 5.73 Å². The van der Waals surface area contributed by atoms with Gasteiger partial charge in [0.25, 0.3) is 0 Å². The van der Waals surface area contributed by atoms with Crippen molar-refractivity contribution in [2.24, 2.45) is 11.7 Å². The Labute approximate surface area is 50.1 Å². The Balaban J connectivity index is 3.71. The zero-order chi connectivity index (χ0) is 6.78. The van der Waals surface area contributed by atoms with E-state index in [0.29, 0.717) is 0 Å². The average Bonchev–Trinajstić information content (AvgIpc) is 1.67. The van der Waals surface area contributed by atoms with Crippen LogP contribution >= 0.6 is 0 Å². The van der Waals surface area contributed by atoms with E-state index < -0.39 is 5.67 Å². The molecule has 0 rings (SSSR count). The topological polar surface area (TPSA) is 26.0 Å². The highest BCUT2D eigenvalue weighted by atomic mass is 19.1. The van der Waals surface area contributed by atoms with Crippen LogP contribution in [-0.2, 0) is 0 Å². The van der Waals surface area contributed by atoms with Crippen molar-refractivity contribution in [3.05, 3.63) is 0 Å². The molecule has 0 saturated carbocycles. The van der Waals surface area contributed by atoms with E-state index in [1.807, 2.05) is 13.8 Å². The lowest BCUT2D eigenvalue weighted by Gasteiger charge is -2.21. The largest absolute Gasteiger partial charge is 0.328 e. The zero-order valence-electron chi connectivity index (χ0n) is 5.74. The molecule has 1 atom stereocenters. The summed E-state index contributed by atoms with van der Waals surface area (Å²) in [6.07, 6.45) is 0. The van der Waals surface area contributed by atoms with E-state index >= 15 is 0 Å². The molecule has 8 heavy (non-hydrogen) atoms. The van der Waals surface area contributed by atoms with Crippen molar-refractivity contribution in [2.45, 2.75) is 26.4 Å². The van der Waals surface area contributed by atoms with E-state index in [4.69, 9.17) is 5.73 Å². The summed E-state index contributed by atoms with van der Waals surface area (Å²) in [5.74, 6) is 0.0208. The number of alkyl halides is 1. The summed E-state index contributed by atoms with van der Waals surface area (Å²) < 4.78 is 12.8. The van der Waals surface area contributed by atoms with Gasteiger partial charge in [0.15, 0.2) is 0 Å². The highest BCUT2D eigenvalue weighted by Crippen LogP contribution is 2.18. The molecular weight excluding hydrogens is 105 g/mol. The second-order valence-corrected chi connectivity index (χ2v) is 2.64. The number of rotatable bonds is 2. The van der Waals surface area contributed by atoms with Crippen molar-refractivity contribution in [3.8, 4) is 0 Å². The van der Waals surface area contributed by atoms with Gasteiger partial charge in [-0.15, -0.1) is 0 Å². The minimum atomic E-state index is -1.18. The summed E-state index contributed by atoms with van der Waals surface area (Å²) in [6.45, 7) is 5.29. The molecule has 0 radical (unpaired) electrons. The molecule has 2 heteroatoms. The molecule has 0 aliphatic heterocycles. The molecule has 0 aliphatic rings. The van der Waals surface area contributed by atoms with Crippen LogP contribution in [0.25, 0.3) is 0 Å². The van der Waals surface area contributed by atoms with Gasteiger partial charge in [0.05, 0.1) is 0 Å². The molecule has 0 heterocycles. The van der Waals surface area contributed by atoms with Crippen LogP contribution in [0.3, 0.4) is 0 Å². The first-order valence-electron chi connectivity index (χ1n) is 2.89. The van der Waals surface area contributed by atoms with Gasteiger partial charge in [-0.2, -0.15) is 0 Å². The molecule has 0 amide bonds. The summed E-state index contributed by atoms with van der Waals surface area (Å²) in [7, 11) is 0. The fraction of sp³-hybridized carbons (Fsp3) is 1.00. The third-order valence-corrected chi connectivity index (χ3v) is 1.60. The van der Waals surface area contributed by atoms with Gasteiger partial charge in [0.1, 0.15) is 5.67 Å². The van der Waals surface area contributed by atoms with Gasteiger partial charge in [-0.05, 0) is 12.8 Å². The number of halogens is 1. The van der Waals surface area contributed by atoms with Gasteiger partial charge in [-0.3, -0.25) is 0 Å². The highest BCUT2D eigenvalue weighted by Gasteiger charge is 2.24. The van der Waals surface area contributed by atoms with Crippen molar-refractivity contribution in [1.82, 2.24) is 0 Å². The van der Waals surface area contributed by atoms with Crippen LogP contribution in [0.15, 0.2) is 0 Å². The van der Waals surface area contributed by atoms with Crippen LogP contribution in [0.1, 0.15) is 20.8 Å². The summed E-state index contributed by atoms with van der Waals surface area (Å²) >= 11 is 0. The van der Waals surface area contributed by atoms with Crippen LogP contribution in [0.4, 0.5) is 4.39 Å². The average molecular weight is 119 g/mol. The molecule has 0 fully saturated rings. The molecule has 0 aromatic rings. The van der Waals surface area contributed by atoms with E-state index in [1.165, 1.54) is 6.92 Å². The zero-order valence-corrected chi connectivity index (χ0v) is 5.74. The van der Waals surface area contributed by atoms with Crippen molar-refractivity contribution in [3.63, 3.8) is 0 Å². The standard InChI is InChI=1S/C6H14FN/c1-5(2)6(3,7)4-8/h5H,4,8H2,1-3H3. The van der Waals surface area contributed by atoms with Crippen LogP contribution in [0.5, 0.6) is 0 Å². The molecule has 0 spiro atoms. The fourth-order valence-corrected chi connectivity index (χ4v) is 0.236. The molecule has 0 aromatic heterocycles. The smallest absolute Gasteiger partial charge is 0.122 e. The van der Waals surface area contributed by atoms with E-state index in [1.54, 1.807) is 0 Å². The summed E-state index contributed by atoms with van der Waals surface area (Å²) in [5.41, 5.74) is 3.95. The molecule has 0 bridgehead atoms. The Morgan fingerprint density at radius 2 is 2.00 bits per heavy atom. The summed E-state index contributed by atoms with van der Waals surface area (Å²) in [4.78, 5) is 0. The van der Waals surface area contributed by atoms with E-state index in [2.05, 4.69) is 0 Å². The van der Waals surface area contributed by atoms with Crippen LogP contribution in [0.2, 0.25) is 0 Å². The SMILES string of the molecule is CC(C)C(C)(F)CN. The molecule has 1 nitrogen and oxygen atoms in total. The molecule has 2 N–H and O–H groups in total. The predicted molar refractivity (Wildman–Crippen MR) is 33.4 cm³/mol. The first-order valence-corrected chi connectivity index (χ1v) is 2.89. The summed E-state index contributed by atoms with van der Waals surface area (Å²) in [5, 5.41) is 0. The maximum absolute atomic E-state index is 12.8. The normalized spacial score (nSPS) is 18.8. The Hall–Kier alpha value is -0.110. The fourth-order valence-electron chi connectivity index (χ4n) is 0.236. The lowest BCUT2D eigenvalue weighted by atomic mass is 9.95. The van der Waals surface area contributed by atoms with Gasteiger partial charge in [0.2, 0.25) is 0 Å². The highest BCUT2D eigenvalue weighted by molar-refractivity contribution is 4.76. The van der Waals surface area contributed by atoms with Crippen LogP contribution in [0, 0.1) is 5.92 Å². The van der Waals surface area contributed by atoms with Gasteiger partial charge < -0.3 is 5.73 Å². The Morgan fingerprint density at radius 3 is 2.00 bits per heavy atom. The minimum absolute atomic E-state index is 0.0208. The van der Waals surface area contributed by atoms with Gasteiger partial charge in [0, 0.05) is 6.54 Å². The van der Waals surface area contributed by atoms with E-state index in [0.717, 1.165) is 0 Å². The van der Waals surface area contributed by atoms with Crippen LogP contribution in [-0.4, -0.2) is 12.2 Å². The lowest BCUT2D eigenvalue weighted by molar-refractivity contribution is 0.134. The van der Waals surface area contributed by atoms with Gasteiger partial charge >= 0.3 is 0 Å². The Bertz CT molecular complexity index is 68.9. The lowest BCUT2D eigenvalue weighted by Crippen LogP contribution is -2.34. The van der Waals surface area contributed by atoms with Gasteiger partial charge in [-0.1, -0.05) is 13.8 Å². The van der Waals surface area contributed by atoms with Crippen molar-refractivity contribution in [2.75, 3.05) is 6.54 Å². The summed E-state index contributed by atoms with van der Waals surface area (Å²) in [6, 6.07) is 0. The number of hydrogen-bond donors (Lipinski definition) is 1. The molecule has 0 saturated heterocycles. The van der Waals surface area contributed by atoms with Crippen molar-refractivity contribution < 1.29 is 4.39 Å². The maximum atomic E-state index is 12.8. The van der Waals surface area contributed by atoms with E-state index in [9.17, 15) is 4.39 Å². The second kappa shape index (κ2) is 2.44. The number of hydrogen-bond acceptors (Lipinski definition) is 1. The van der Waals surface area contributed by atoms with Gasteiger partial charge in [-0.25, -0.2) is 4.39 Å². The molecule has 0 aliphatic carbocycles. The Kier molecular flexibility index (Phi) is 2.41. The quantitative estimate of drug-likeness (QED) is 0.583. The first-order chi connectivity index (χ1) is 3.50. The van der Waals surface area contributed by atoms with Crippen molar-refractivity contribution in [1.29, 1.82) is 0 Å². The molecule has 50 valence electrons.